The van der Waals surface area contributed by atoms with Gasteiger partial charge in [-0.2, -0.15) is 0 Å². The number of rotatable bonds is 5. The van der Waals surface area contributed by atoms with Gasteiger partial charge in [0.15, 0.2) is 0 Å². The lowest BCUT2D eigenvalue weighted by Gasteiger charge is -2.18. The zero-order valence-electron chi connectivity index (χ0n) is 11.5. The predicted molar refractivity (Wildman–Crippen MR) is 88.9 cm³/mol. The summed E-state index contributed by atoms with van der Waals surface area (Å²) in [6.07, 6.45) is 0.868. The average molecular weight is 355 g/mol. The molecule has 1 unspecified atom stereocenters. The van der Waals surface area contributed by atoms with Gasteiger partial charge in [0.1, 0.15) is 5.75 Å². The molecule has 2 nitrogen and oxygen atoms in total. The Hall–Kier alpha value is -1.19. The van der Waals surface area contributed by atoms with Gasteiger partial charge in [0.05, 0.1) is 17.8 Å². The topological polar surface area (TPSA) is 21.3 Å². The maximum Gasteiger partial charge on any atom is 0.122 e. The Kier molecular flexibility index (Phi) is 5.32. The lowest BCUT2D eigenvalue weighted by Crippen LogP contribution is -2.18. The van der Waals surface area contributed by atoms with Crippen molar-refractivity contribution in [3.63, 3.8) is 0 Å². The maximum atomic E-state index is 6.19. The van der Waals surface area contributed by atoms with Crippen molar-refractivity contribution >= 4 is 33.2 Å². The van der Waals surface area contributed by atoms with E-state index < -0.39 is 0 Å². The van der Waals surface area contributed by atoms with Gasteiger partial charge in [0.2, 0.25) is 0 Å². The zero-order chi connectivity index (χ0) is 14.5. The molecule has 1 atom stereocenters. The van der Waals surface area contributed by atoms with Crippen molar-refractivity contribution in [3.05, 3.63) is 57.5 Å². The molecule has 106 valence electrons. The highest BCUT2D eigenvalue weighted by Gasteiger charge is 2.09. The van der Waals surface area contributed by atoms with Crippen LogP contribution in [0.25, 0.3) is 0 Å². The number of ether oxygens (including phenoxy) is 1. The number of methoxy groups -OCH3 is 1. The molecule has 0 radical (unpaired) electrons. The third kappa shape index (κ3) is 3.90. The van der Waals surface area contributed by atoms with Crippen LogP contribution in [0.2, 0.25) is 5.02 Å². The summed E-state index contributed by atoms with van der Waals surface area (Å²) >= 11 is 9.65. The van der Waals surface area contributed by atoms with E-state index in [4.69, 9.17) is 16.3 Å². The van der Waals surface area contributed by atoms with Gasteiger partial charge in [-0.1, -0.05) is 45.7 Å². The fourth-order valence-corrected chi connectivity index (χ4v) is 2.66. The first-order valence-electron chi connectivity index (χ1n) is 6.43. The van der Waals surface area contributed by atoms with Gasteiger partial charge in [0.25, 0.3) is 0 Å². The van der Waals surface area contributed by atoms with Crippen molar-refractivity contribution in [2.75, 3.05) is 12.4 Å². The number of halogens is 2. The molecule has 0 aliphatic heterocycles. The molecule has 0 saturated carbocycles. The molecule has 2 aromatic carbocycles. The summed E-state index contributed by atoms with van der Waals surface area (Å²) in [7, 11) is 1.70. The van der Waals surface area contributed by atoms with Gasteiger partial charge in [0, 0.05) is 10.5 Å². The third-order valence-electron chi connectivity index (χ3n) is 3.05. The van der Waals surface area contributed by atoms with E-state index >= 15 is 0 Å². The molecule has 0 bridgehead atoms. The third-order valence-corrected chi connectivity index (χ3v) is 3.87. The molecule has 4 heteroatoms. The second-order valence-electron chi connectivity index (χ2n) is 4.69. The SMILES string of the molecule is COc1ccccc1CC(C)Nc1cc(Br)ccc1Cl. The molecule has 0 aromatic heterocycles. The molecule has 2 aromatic rings. The van der Waals surface area contributed by atoms with Crippen LogP contribution >= 0.6 is 27.5 Å². The number of nitrogens with one attached hydrogen (secondary N) is 1. The van der Waals surface area contributed by atoms with Crippen LogP contribution in [-0.2, 0) is 6.42 Å². The average Bonchev–Trinajstić information content (AvgIpc) is 2.43. The van der Waals surface area contributed by atoms with Crippen LogP contribution in [0.15, 0.2) is 46.9 Å². The summed E-state index contributed by atoms with van der Waals surface area (Å²) in [6, 6.07) is 14.1. The van der Waals surface area contributed by atoms with E-state index in [1.165, 1.54) is 5.56 Å². The summed E-state index contributed by atoms with van der Waals surface area (Å²) in [5.41, 5.74) is 2.12. The number of para-hydroxylation sites is 1. The van der Waals surface area contributed by atoms with Crippen LogP contribution < -0.4 is 10.1 Å². The van der Waals surface area contributed by atoms with Crippen LogP contribution in [0.4, 0.5) is 5.69 Å². The van der Waals surface area contributed by atoms with Crippen LogP contribution in [0.3, 0.4) is 0 Å². The molecule has 0 amide bonds. The Morgan fingerprint density at radius 1 is 1.25 bits per heavy atom. The van der Waals surface area contributed by atoms with Gasteiger partial charge >= 0.3 is 0 Å². The van der Waals surface area contributed by atoms with Crippen LogP contribution in [-0.4, -0.2) is 13.2 Å². The minimum absolute atomic E-state index is 0.248. The van der Waals surface area contributed by atoms with E-state index in [0.29, 0.717) is 0 Å². The predicted octanol–water partition coefficient (Wildman–Crippen LogP) is 5.15. The van der Waals surface area contributed by atoms with E-state index in [2.05, 4.69) is 34.2 Å². The smallest absolute Gasteiger partial charge is 0.122 e. The summed E-state index contributed by atoms with van der Waals surface area (Å²) in [5, 5.41) is 4.16. The Morgan fingerprint density at radius 2 is 2.00 bits per heavy atom. The fourth-order valence-electron chi connectivity index (χ4n) is 2.13. The first-order valence-corrected chi connectivity index (χ1v) is 7.60. The second-order valence-corrected chi connectivity index (χ2v) is 6.01. The summed E-state index contributed by atoms with van der Waals surface area (Å²) < 4.78 is 6.39. The molecule has 2 rings (SSSR count). The number of anilines is 1. The summed E-state index contributed by atoms with van der Waals surface area (Å²) in [6.45, 7) is 2.13. The van der Waals surface area contributed by atoms with Gasteiger partial charge in [-0.15, -0.1) is 0 Å². The number of benzene rings is 2. The van der Waals surface area contributed by atoms with Gasteiger partial charge in [-0.3, -0.25) is 0 Å². The lowest BCUT2D eigenvalue weighted by molar-refractivity contribution is 0.409. The number of hydrogen-bond donors (Lipinski definition) is 1. The van der Waals surface area contributed by atoms with Gasteiger partial charge < -0.3 is 10.1 Å². The monoisotopic (exact) mass is 353 g/mol. The maximum absolute atomic E-state index is 6.19. The van der Waals surface area contributed by atoms with E-state index in [9.17, 15) is 0 Å². The Bertz CT molecular complexity index is 588. The second kappa shape index (κ2) is 7.00. The van der Waals surface area contributed by atoms with Crippen LogP contribution in [0.1, 0.15) is 12.5 Å². The molecule has 0 aliphatic carbocycles. The zero-order valence-corrected chi connectivity index (χ0v) is 13.8. The van der Waals surface area contributed by atoms with E-state index in [1.807, 2.05) is 36.4 Å². The normalized spacial score (nSPS) is 12.0. The van der Waals surface area contributed by atoms with Crippen LogP contribution in [0.5, 0.6) is 5.75 Å². The van der Waals surface area contributed by atoms with Crippen molar-refractivity contribution in [3.8, 4) is 5.75 Å². The molecule has 20 heavy (non-hydrogen) atoms. The van der Waals surface area contributed by atoms with Crippen LogP contribution in [0, 0.1) is 0 Å². The fraction of sp³-hybridized carbons (Fsp3) is 0.250. The molecule has 0 aliphatic rings. The van der Waals surface area contributed by atoms with Crippen molar-refractivity contribution in [1.29, 1.82) is 0 Å². The highest BCUT2D eigenvalue weighted by Crippen LogP contribution is 2.27. The molecule has 0 saturated heterocycles. The Labute approximate surface area is 133 Å². The van der Waals surface area contributed by atoms with E-state index in [1.54, 1.807) is 7.11 Å². The molecular formula is C16H17BrClNO. The van der Waals surface area contributed by atoms with Crippen molar-refractivity contribution in [2.45, 2.75) is 19.4 Å². The van der Waals surface area contributed by atoms with Crippen molar-refractivity contribution in [2.24, 2.45) is 0 Å². The van der Waals surface area contributed by atoms with E-state index in [-0.39, 0.29) is 6.04 Å². The Morgan fingerprint density at radius 3 is 2.75 bits per heavy atom. The van der Waals surface area contributed by atoms with Gasteiger partial charge in [-0.05, 0) is 43.2 Å². The molecule has 0 heterocycles. The highest BCUT2D eigenvalue weighted by molar-refractivity contribution is 9.10. The first kappa shape index (κ1) is 15.2. The van der Waals surface area contributed by atoms with Crippen molar-refractivity contribution in [1.82, 2.24) is 0 Å². The Balaban J connectivity index is 2.09. The number of hydrogen-bond acceptors (Lipinski definition) is 2. The quantitative estimate of drug-likeness (QED) is 0.801. The first-order chi connectivity index (χ1) is 9.60. The molecule has 0 fully saturated rings. The standard InChI is InChI=1S/C16H17BrClNO/c1-11(9-12-5-3-4-6-16(12)20-2)19-15-10-13(17)7-8-14(15)18/h3-8,10-11,19H,9H2,1-2H3. The van der Waals surface area contributed by atoms with Gasteiger partial charge in [-0.25, -0.2) is 0 Å². The summed E-state index contributed by atoms with van der Waals surface area (Å²) in [4.78, 5) is 0. The highest BCUT2D eigenvalue weighted by atomic mass is 79.9. The molecular weight excluding hydrogens is 338 g/mol. The minimum Gasteiger partial charge on any atom is -0.496 e. The van der Waals surface area contributed by atoms with E-state index in [0.717, 1.165) is 27.4 Å². The van der Waals surface area contributed by atoms with Crippen molar-refractivity contribution < 1.29 is 4.74 Å². The lowest BCUT2D eigenvalue weighted by atomic mass is 10.1. The molecule has 0 spiro atoms. The minimum atomic E-state index is 0.248. The molecule has 1 N–H and O–H groups in total. The largest absolute Gasteiger partial charge is 0.496 e. The summed E-state index contributed by atoms with van der Waals surface area (Å²) in [5.74, 6) is 0.918.